The fourth-order valence-electron chi connectivity index (χ4n) is 2.26. The third kappa shape index (κ3) is 3.30. The Morgan fingerprint density at radius 2 is 2.21 bits per heavy atom. The molecule has 3 nitrogen and oxygen atoms in total. The van der Waals surface area contributed by atoms with Crippen molar-refractivity contribution >= 4 is 27.5 Å². The second kappa shape index (κ2) is 5.96. The fourth-order valence-corrected chi connectivity index (χ4v) is 2.77. The standard InChI is InChI=1S/C13H15BrF2N2O/c1-7-3-2-4-17-11(7)13(19)18-12-9(14)5-8(15)6-10(12)16/h5-7,11,17H,2-4H2,1H3,(H,18,19). The number of halogens is 3. The maximum Gasteiger partial charge on any atom is 0.241 e. The summed E-state index contributed by atoms with van der Waals surface area (Å²) in [5.74, 6) is -1.58. The van der Waals surface area contributed by atoms with Crippen molar-refractivity contribution in [2.24, 2.45) is 5.92 Å². The van der Waals surface area contributed by atoms with Gasteiger partial charge >= 0.3 is 0 Å². The molecule has 0 bridgehead atoms. The molecule has 104 valence electrons. The van der Waals surface area contributed by atoms with Crippen molar-refractivity contribution in [2.45, 2.75) is 25.8 Å². The molecule has 1 aromatic rings. The average molecular weight is 333 g/mol. The highest BCUT2D eigenvalue weighted by Crippen LogP contribution is 2.27. The number of benzene rings is 1. The predicted octanol–water partition coefficient (Wildman–Crippen LogP) is 3.05. The second-order valence-corrected chi connectivity index (χ2v) is 5.64. The molecule has 0 radical (unpaired) electrons. The molecule has 0 aromatic heterocycles. The molecule has 1 aliphatic rings. The van der Waals surface area contributed by atoms with Gasteiger partial charge < -0.3 is 10.6 Å². The van der Waals surface area contributed by atoms with Crippen LogP contribution in [0.2, 0.25) is 0 Å². The van der Waals surface area contributed by atoms with Crippen LogP contribution in [0.15, 0.2) is 16.6 Å². The number of hydrogen-bond donors (Lipinski definition) is 2. The molecule has 2 rings (SSSR count). The summed E-state index contributed by atoms with van der Waals surface area (Å²) in [6.45, 7) is 2.75. The molecule has 0 saturated carbocycles. The quantitative estimate of drug-likeness (QED) is 0.873. The summed E-state index contributed by atoms with van der Waals surface area (Å²) in [5.41, 5.74) is -0.0222. The summed E-state index contributed by atoms with van der Waals surface area (Å²) in [5, 5.41) is 5.63. The van der Waals surface area contributed by atoms with Crippen LogP contribution in [-0.2, 0) is 4.79 Å². The molecular weight excluding hydrogens is 318 g/mol. The molecule has 1 aliphatic heterocycles. The van der Waals surface area contributed by atoms with E-state index in [0.717, 1.165) is 31.5 Å². The van der Waals surface area contributed by atoms with Crippen LogP contribution in [0.3, 0.4) is 0 Å². The average Bonchev–Trinajstić information content (AvgIpc) is 2.34. The number of carbonyl (C=O) groups excluding carboxylic acids is 1. The molecule has 1 fully saturated rings. The van der Waals surface area contributed by atoms with Crippen molar-refractivity contribution in [3.8, 4) is 0 Å². The molecule has 1 amide bonds. The lowest BCUT2D eigenvalue weighted by Crippen LogP contribution is -2.48. The Hall–Kier alpha value is -1.01. The van der Waals surface area contributed by atoms with Crippen LogP contribution in [0.5, 0.6) is 0 Å². The van der Waals surface area contributed by atoms with Crippen molar-refractivity contribution < 1.29 is 13.6 Å². The first-order valence-corrected chi connectivity index (χ1v) is 6.97. The zero-order chi connectivity index (χ0) is 14.0. The van der Waals surface area contributed by atoms with Gasteiger partial charge in [-0.05, 0) is 47.3 Å². The van der Waals surface area contributed by atoms with Gasteiger partial charge in [-0.2, -0.15) is 0 Å². The summed E-state index contributed by atoms with van der Waals surface area (Å²) in [7, 11) is 0. The highest BCUT2D eigenvalue weighted by atomic mass is 79.9. The number of anilines is 1. The lowest BCUT2D eigenvalue weighted by molar-refractivity contribution is -0.119. The lowest BCUT2D eigenvalue weighted by atomic mass is 9.92. The van der Waals surface area contributed by atoms with E-state index >= 15 is 0 Å². The minimum Gasteiger partial charge on any atom is -0.321 e. The predicted molar refractivity (Wildman–Crippen MR) is 72.9 cm³/mol. The van der Waals surface area contributed by atoms with Crippen molar-refractivity contribution in [1.82, 2.24) is 5.32 Å². The SMILES string of the molecule is CC1CCCNC1C(=O)Nc1c(F)cc(F)cc1Br. The van der Waals surface area contributed by atoms with Gasteiger partial charge in [0.15, 0.2) is 5.82 Å². The maximum atomic E-state index is 13.6. The first-order valence-electron chi connectivity index (χ1n) is 6.18. The maximum absolute atomic E-state index is 13.6. The monoisotopic (exact) mass is 332 g/mol. The zero-order valence-electron chi connectivity index (χ0n) is 10.5. The topological polar surface area (TPSA) is 41.1 Å². The minimum absolute atomic E-state index is 0.0222. The molecule has 0 spiro atoms. The third-order valence-electron chi connectivity index (χ3n) is 3.31. The van der Waals surface area contributed by atoms with Crippen LogP contribution in [0, 0.1) is 17.6 Å². The van der Waals surface area contributed by atoms with E-state index in [1.807, 2.05) is 6.92 Å². The highest BCUT2D eigenvalue weighted by molar-refractivity contribution is 9.10. The van der Waals surface area contributed by atoms with Crippen molar-refractivity contribution in [3.63, 3.8) is 0 Å². The zero-order valence-corrected chi connectivity index (χ0v) is 12.1. The molecule has 1 heterocycles. The summed E-state index contributed by atoms with van der Waals surface area (Å²) in [4.78, 5) is 12.1. The van der Waals surface area contributed by atoms with Gasteiger partial charge in [0.25, 0.3) is 0 Å². The van der Waals surface area contributed by atoms with E-state index < -0.39 is 11.6 Å². The van der Waals surface area contributed by atoms with Crippen molar-refractivity contribution in [3.05, 3.63) is 28.2 Å². The van der Waals surface area contributed by atoms with Gasteiger partial charge in [0, 0.05) is 10.5 Å². The number of nitrogens with one attached hydrogen (secondary N) is 2. The first-order chi connectivity index (χ1) is 8.99. The van der Waals surface area contributed by atoms with E-state index in [0.29, 0.717) is 0 Å². The van der Waals surface area contributed by atoms with Gasteiger partial charge in [0.1, 0.15) is 5.82 Å². The molecule has 1 aromatic carbocycles. The Labute approximate surface area is 118 Å². The Morgan fingerprint density at radius 3 is 2.84 bits per heavy atom. The molecule has 2 atom stereocenters. The van der Waals surface area contributed by atoms with Gasteiger partial charge in [-0.1, -0.05) is 6.92 Å². The first kappa shape index (κ1) is 14.4. The smallest absolute Gasteiger partial charge is 0.241 e. The largest absolute Gasteiger partial charge is 0.321 e. The molecule has 1 saturated heterocycles. The van der Waals surface area contributed by atoms with E-state index in [-0.39, 0.29) is 28.0 Å². The van der Waals surface area contributed by atoms with Crippen LogP contribution in [0.4, 0.5) is 14.5 Å². The highest BCUT2D eigenvalue weighted by Gasteiger charge is 2.28. The number of carbonyl (C=O) groups is 1. The van der Waals surface area contributed by atoms with Crippen LogP contribution in [0.1, 0.15) is 19.8 Å². The number of piperidine rings is 1. The van der Waals surface area contributed by atoms with Gasteiger partial charge in [0.05, 0.1) is 11.7 Å². The number of hydrogen-bond acceptors (Lipinski definition) is 2. The van der Waals surface area contributed by atoms with Crippen LogP contribution in [-0.4, -0.2) is 18.5 Å². The number of amides is 1. The van der Waals surface area contributed by atoms with E-state index in [4.69, 9.17) is 0 Å². The van der Waals surface area contributed by atoms with E-state index in [9.17, 15) is 13.6 Å². The van der Waals surface area contributed by atoms with Gasteiger partial charge in [-0.3, -0.25) is 4.79 Å². The van der Waals surface area contributed by atoms with Gasteiger partial charge in [-0.15, -0.1) is 0 Å². The Morgan fingerprint density at radius 1 is 1.47 bits per heavy atom. The molecule has 0 aliphatic carbocycles. The Balaban J connectivity index is 2.14. The van der Waals surface area contributed by atoms with Crippen molar-refractivity contribution in [1.29, 1.82) is 0 Å². The van der Waals surface area contributed by atoms with E-state index in [1.54, 1.807) is 0 Å². The molecule has 2 N–H and O–H groups in total. The summed E-state index contributed by atoms with van der Waals surface area (Å²) in [6.07, 6.45) is 1.98. The van der Waals surface area contributed by atoms with Gasteiger partial charge in [0.2, 0.25) is 5.91 Å². The van der Waals surface area contributed by atoms with Crippen LogP contribution >= 0.6 is 15.9 Å². The normalized spacial score (nSPS) is 23.2. The minimum atomic E-state index is -0.788. The lowest BCUT2D eigenvalue weighted by Gasteiger charge is -2.29. The molecule has 6 heteroatoms. The Bertz CT molecular complexity index is 473. The Kier molecular flexibility index (Phi) is 4.52. The fraction of sp³-hybridized carbons (Fsp3) is 0.462. The molecular formula is C13H15BrF2N2O. The summed E-state index contributed by atoms with van der Waals surface area (Å²) < 4.78 is 26.8. The van der Waals surface area contributed by atoms with E-state index in [1.165, 1.54) is 0 Å². The summed E-state index contributed by atoms with van der Waals surface area (Å²) in [6, 6.07) is 1.53. The van der Waals surface area contributed by atoms with E-state index in [2.05, 4.69) is 26.6 Å². The molecule has 19 heavy (non-hydrogen) atoms. The van der Waals surface area contributed by atoms with Crippen molar-refractivity contribution in [2.75, 3.05) is 11.9 Å². The summed E-state index contributed by atoms with van der Waals surface area (Å²) >= 11 is 3.05. The second-order valence-electron chi connectivity index (χ2n) is 4.78. The number of rotatable bonds is 2. The van der Waals surface area contributed by atoms with Gasteiger partial charge in [-0.25, -0.2) is 8.78 Å². The molecule has 2 unspecified atom stereocenters. The van der Waals surface area contributed by atoms with Crippen LogP contribution < -0.4 is 10.6 Å². The van der Waals surface area contributed by atoms with Crippen LogP contribution in [0.25, 0.3) is 0 Å². The third-order valence-corrected chi connectivity index (χ3v) is 3.93.